The molecule has 0 spiro atoms. The maximum absolute atomic E-state index is 12.4. The summed E-state index contributed by atoms with van der Waals surface area (Å²) in [7, 11) is -5.75. The quantitative estimate of drug-likeness (QED) is 0.524. The zero-order chi connectivity index (χ0) is 18.8. The molecule has 0 aliphatic carbocycles. The molecule has 3 aliphatic rings. The predicted octanol–water partition coefficient (Wildman–Crippen LogP) is 1.25. The van der Waals surface area contributed by atoms with E-state index in [1.807, 2.05) is 0 Å². The second-order valence-corrected chi connectivity index (χ2v) is 8.50. The summed E-state index contributed by atoms with van der Waals surface area (Å²) in [5, 5.41) is 0. The first-order valence-corrected chi connectivity index (χ1v) is 8.94. The number of halogens is 3. The lowest BCUT2D eigenvalue weighted by Crippen LogP contribution is -2.56. The van der Waals surface area contributed by atoms with Crippen molar-refractivity contribution in [3.05, 3.63) is 0 Å². The summed E-state index contributed by atoms with van der Waals surface area (Å²) in [5.74, 6) is -2.05. The molecule has 0 aromatic heterocycles. The van der Waals surface area contributed by atoms with E-state index in [9.17, 15) is 21.6 Å². The van der Waals surface area contributed by atoms with Crippen LogP contribution < -0.4 is 0 Å². The van der Waals surface area contributed by atoms with Crippen LogP contribution in [0, 0.1) is 0 Å². The molecule has 8 nitrogen and oxygen atoms in total. The monoisotopic (exact) mass is 392 g/mol. The van der Waals surface area contributed by atoms with Crippen LogP contribution in [-0.4, -0.2) is 62.8 Å². The number of alkyl halides is 3. The predicted molar refractivity (Wildman–Crippen MR) is 73.4 cm³/mol. The third-order valence-corrected chi connectivity index (χ3v) is 4.94. The average Bonchev–Trinajstić information content (AvgIpc) is 2.89. The minimum Gasteiger partial charge on any atom is -0.342 e. The molecule has 0 radical (unpaired) electrons. The van der Waals surface area contributed by atoms with Crippen LogP contribution in [0.3, 0.4) is 0 Å². The minimum atomic E-state index is -5.75. The van der Waals surface area contributed by atoms with Crippen molar-refractivity contribution in [3.8, 4) is 0 Å². The standard InChI is InChI=1S/C13H19F3O8S/c1-11(2)21-7-6(5-19-25(17,18)13(14,15)16)20-10-9(8(7)22-11)23-12(3,4)24-10/h6-10H,5H2,1-4H3/t6-,7+,8+,9-,10-/m1/s1. The highest BCUT2D eigenvalue weighted by Crippen LogP contribution is 2.44. The van der Waals surface area contributed by atoms with Crippen LogP contribution in [-0.2, 0) is 38.0 Å². The highest BCUT2D eigenvalue weighted by Gasteiger charge is 2.61. The first-order valence-electron chi connectivity index (χ1n) is 7.53. The minimum absolute atomic E-state index is 0.669. The molecule has 0 bridgehead atoms. The van der Waals surface area contributed by atoms with Gasteiger partial charge in [-0.05, 0) is 27.7 Å². The van der Waals surface area contributed by atoms with Gasteiger partial charge in [0, 0.05) is 0 Å². The Bertz CT molecular complexity index is 632. The highest BCUT2D eigenvalue weighted by molar-refractivity contribution is 7.87. The molecular weight excluding hydrogens is 373 g/mol. The number of ether oxygens (including phenoxy) is 5. The molecule has 25 heavy (non-hydrogen) atoms. The zero-order valence-corrected chi connectivity index (χ0v) is 14.7. The molecule has 3 aliphatic heterocycles. The molecular formula is C13H19F3O8S. The lowest BCUT2D eigenvalue weighted by Gasteiger charge is -2.36. The molecule has 12 heteroatoms. The smallest absolute Gasteiger partial charge is 0.342 e. The summed E-state index contributed by atoms with van der Waals surface area (Å²) in [6, 6.07) is 0. The van der Waals surface area contributed by atoms with E-state index in [1.165, 1.54) is 0 Å². The zero-order valence-electron chi connectivity index (χ0n) is 13.9. The number of rotatable bonds is 3. The van der Waals surface area contributed by atoms with E-state index in [1.54, 1.807) is 27.7 Å². The maximum atomic E-state index is 12.4. The SMILES string of the molecule is CC1(C)O[C@H]2[C@@H](O1)[C@@H](COS(=O)(=O)C(F)(F)F)O[C@@H]1OC(C)(C)O[C@@H]12. The van der Waals surface area contributed by atoms with Gasteiger partial charge in [-0.25, -0.2) is 0 Å². The maximum Gasteiger partial charge on any atom is 0.523 e. The van der Waals surface area contributed by atoms with Crippen LogP contribution in [0.4, 0.5) is 13.2 Å². The van der Waals surface area contributed by atoms with Crippen LogP contribution in [0.2, 0.25) is 0 Å². The van der Waals surface area contributed by atoms with Gasteiger partial charge in [0.25, 0.3) is 0 Å². The summed E-state index contributed by atoms with van der Waals surface area (Å²) in [6.07, 6.45) is -4.36. The molecule has 3 fully saturated rings. The summed E-state index contributed by atoms with van der Waals surface area (Å²) in [6.45, 7) is 5.63. The van der Waals surface area contributed by atoms with E-state index < -0.39 is 64.5 Å². The van der Waals surface area contributed by atoms with Gasteiger partial charge in [-0.1, -0.05) is 0 Å². The fourth-order valence-electron chi connectivity index (χ4n) is 3.05. The Morgan fingerprint density at radius 3 is 2.04 bits per heavy atom. The molecule has 0 amide bonds. The second kappa shape index (κ2) is 5.75. The molecule has 0 aromatic rings. The average molecular weight is 392 g/mol. The first-order chi connectivity index (χ1) is 11.2. The van der Waals surface area contributed by atoms with E-state index in [4.69, 9.17) is 23.7 Å². The molecule has 0 saturated carbocycles. The van der Waals surface area contributed by atoms with Crippen LogP contribution in [0.5, 0.6) is 0 Å². The van der Waals surface area contributed by atoms with Gasteiger partial charge in [0.05, 0.1) is 6.61 Å². The van der Waals surface area contributed by atoms with Crippen LogP contribution >= 0.6 is 0 Å². The first kappa shape index (κ1) is 19.3. The Morgan fingerprint density at radius 2 is 1.44 bits per heavy atom. The molecule has 0 N–H and O–H groups in total. The van der Waals surface area contributed by atoms with Crippen molar-refractivity contribution in [3.63, 3.8) is 0 Å². The summed E-state index contributed by atoms with van der Waals surface area (Å²) >= 11 is 0. The Labute approximate surface area is 142 Å². The van der Waals surface area contributed by atoms with Crippen molar-refractivity contribution in [1.82, 2.24) is 0 Å². The van der Waals surface area contributed by atoms with Crippen molar-refractivity contribution >= 4 is 10.1 Å². The largest absolute Gasteiger partial charge is 0.523 e. The van der Waals surface area contributed by atoms with Crippen LogP contribution in [0.15, 0.2) is 0 Å². The van der Waals surface area contributed by atoms with Crippen molar-refractivity contribution in [2.45, 2.75) is 75.5 Å². The van der Waals surface area contributed by atoms with Gasteiger partial charge < -0.3 is 23.7 Å². The van der Waals surface area contributed by atoms with Gasteiger partial charge in [0.1, 0.15) is 24.4 Å². The fourth-order valence-corrected chi connectivity index (χ4v) is 3.50. The van der Waals surface area contributed by atoms with Crippen molar-refractivity contribution in [2.75, 3.05) is 6.61 Å². The second-order valence-electron chi connectivity index (χ2n) is 6.89. The van der Waals surface area contributed by atoms with Gasteiger partial charge in [0.2, 0.25) is 0 Å². The summed E-state index contributed by atoms with van der Waals surface area (Å²) in [5.41, 5.74) is -5.52. The third-order valence-electron chi connectivity index (χ3n) is 3.92. The molecule has 3 saturated heterocycles. The highest BCUT2D eigenvalue weighted by atomic mass is 32.2. The molecule has 5 atom stereocenters. The number of hydrogen-bond donors (Lipinski definition) is 0. The molecule has 0 aromatic carbocycles. The lowest BCUT2D eigenvalue weighted by molar-refractivity contribution is -0.238. The van der Waals surface area contributed by atoms with E-state index in [0.29, 0.717) is 0 Å². The molecule has 3 rings (SSSR count). The Kier molecular flexibility index (Phi) is 4.43. The van der Waals surface area contributed by atoms with E-state index in [2.05, 4.69) is 4.18 Å². The summed E-state index contributed by atoms with van der Waals surface area (Å²) in [4.78, 5) is 0. The topological polar surface area (TPSA) is 89.5 Å². The molecule has 146 valence electrons. The van der Waals surface area contributed by atoms with Crippen LogP contribution in [0.1, 0.15) is 27.7 Å². The Morgan fingerprint density at radius 1 is 0.920 bits per heavy atom. The Balaban J connectivity index is 1.78. The fraction of sp³-hybridized carbons (Fsp3) is 1.00. The van der Waals surface area contributed by atoms with Gasteiger partial charge in [-0.15, -0.1) is 0 Å². The molecule has 0 unspecified atom stereocenters. The van der Waals surface area contributed by atoms with E-state index >= 15 is 0 Å². The summed E-state index contributed by atoms with van der Waals surface area (Å²) < 4.78 is 91.9. The van der Waals surface area contributed by atoms with Crippen molar-refractivity contribution in [2.24, 2.45) is 0 Å². The lowest BCUT2D eigenvalue weighted by atomic mass is 9.99. The van der Waals surface area contributed by atoms with Crippen molar-refractivity contribution < 1.29 is 49.5 Å². The van der Waals surface area contributed by atoms with Gasteiger partial charge in [-0.3, -0.25) is 4.18 Å². The Hall–Kier alpha value is -0.500. The number of fused-ring (bicyclic) bond motifs is 3. The van der Waals surface area contributed by atoms with Gasteiger partial charge in [-0.2, -0.15) is 21.6 Å². The normalized spacial score (nSPS) is 39.9. The number of hydrogen-bond acceptors (Lipinski definition) is 8. The van der Waals surface area contributed by atoms with Gasteiger partial charge in [0.15, 0.2) is 17.9 Å². The van der Waals surface area contributed by atoms with E-state index in [0.717, 1.165) is 0 Å². The van der Waals surface area contributed by atoms with Crippen molar-refractivity contribution in [1.29, 1.82) is 0 Å². The van der Waals surface area contributed by atoms with Crippen LogP contribution in [0.25, 0.3) is 0 Å². The van der Waals surface area contributed by atoms with Gasteiger partial charge >= 0.3 is 15.6 Å². The third kappa shape index (κ3) is 3.66. The van der Waals surface area contributed by atoms with E-state index in [-0.39, 0.29) is 0 Å². The molecule has 3 heterocycles.